The molecule has 0 aromatic carbocycles. The van der Waals surface area contributed by atoms with Crippen LogP contribution in [0.2, 0.25) is 0 Å². The fourth-order valence-corrected chi connectivity index (χ4v) is 3.77. The van der Waals surface area contributed by atoms with Gasteiger partial charge < -0.3 is 10.4 Å². The Kier molecular flexibility index (Phi) is 7.18. The van der Waals surface area contributed by atoms with Crippen molar-refractivity contribution < 1.29 is 5.11 Å². The molecule has 0 aromatic heterocycles. The van der Waals surface area contributed by atoms with Gasteiger partial charge in [-0.15, -0.1) is 0 Å². The molecule has 0 aromatic rings. The summed E-state index contributed by atoms with van der Waals surface area (Å²) in [7, 11) is 0. The van der Waals surface area contributed by atoms with Crippen molar-refractivity contribution in [3.63, 3.8) is 0 Å². The predicted octanol–water partition coefficient (Wildman–Crippen LogP) is 2.54. The number of hydrogen-bond donors (Lipinski definition) is 2. The smallest absolute Gasteiger partial charge is 0.0558 e. The Hall–Kier alpha value is -0.120. The third-order valence-corrected chi connectivity index (χ3v) is 4.92. The average Bonchev–Trinajstić information content (AvgIpc) is 2.48. The van der Waals surface area contributed by atoms with Gasteiger partial charge in [0.05, 0.1) is 6.61 Å². The van der Waals surface area contributed by atoms with Crippen LogP contribution in [0.5, 0.6) is 0 Å². The summed E-state index contributed by atoms with van der Waals surface area (Å²) in [5.41, 5.74) is 0. The van der Waals surface area contributed by atoms with Gasteiger partial charge in [0.15, 0.2) is 0 Å². The number of aliphatic hydroxyl groups excluding tert-OH is 1. The van der Waals surface area contributed by atoms with Gasteiger partial charge in [0.2, 0.25) is 0 Å². The van der Waals surface area contributed by atoms with E-state index in [1.165, 1.54) is 64.2 Å². The van der Waals surface area contributed by atoms with E-state index >= 15 is 0 Å². The van der Waals surface area contributed by atoms with E-state index in [-0.39, 0.29) is 0 Å². The normalized spacial score (nSPS) is 23.1. The molecule has 2 rings (SSSR count). The minimum atomic E-state index is 0.305. The molecule has 0 unspecified atom stereocenters. The van der Waals surface area contributed by atoms with E-state index in [4.69, 9.17) is 0 Å². The average molecular weight is 268 g/mol. The molecule has 3 heteroatoms. The summed E-state index contributed by atoms with van der Waals surface area (Å²) in [6, 6.07) is 1.49. The molecule has 0 aliphatic heterocycles. The number of aliphatic hydroxyl groups is 1. The minimum Gasteiger partial charge on any atom is -0.395 e. The number of rotatable bonds is 7. The first-order valence-electron chi connectivity index (χ1n) is 8.48. The third kappa shape index (κ3) is 5.41. The predicted molar refractivity (Wildman–Crippen MR) is 80.4 cm³/mol. The Balaban J connectivity index is 1.66. The van der Waals surface area contributed by atoms with Gasteiger partial charge in [-0.1, -0.05) is 38.5 Å². The zero-order valence-electron chi connectivity index (χ0n) is 12.4. The first kappa shape index (κ1) is 15.3. The molecule has 3 nitrogen and oxygen atoms in total. The second kappa shape index (κ2) is 8.93. The second-order valence-electron chi connectivity index (χ2n) is 6.34. The van der Waals surface area contributed by atoms with E-state index in [9.17, 15) is 5.11 Å². The van der Waals surface area contributed by atoms with Gasteiger partial charge in [-0.25, -0.2) is 0 Å². The molecule has 2 saturated carbocycles. The lowest BCUT2D eigenvalue weighted by atomic mass is 9.94. The highest BCUT2D eigenvalue weighted by molar-refractivity contribution is 4.78. The maximum absolute atomic E-state index is 9.25. The van der Waals surface area contributed by atoms with E-state index in [0.29, 0.717) is 6.61 Å². The van der Waals surface area contributed by atoms with Crippen LogP contribution in [0.3, 0.4) is 0 Å². The van der Waals surface area contributed by atoms with Crippen LogP contribution in [0.4, 0.5) is 0 Å². The minimum absolute atomic E-state index is 0.305. The fourth-order valence-electron chi connectivity index (χ4n) is 3.77. The van der Waals surface area contributed by atoms with E-state index in [1.54, 1.807) is 0 Å². The lowest BCUT2D eigenvalue weighted by Gasteiger charge is -2.34. The molecule has 0 bridgehead atoms. The van der Waals surface area contributed by atoms with Crippen molar-refractivity contribution in [1.82, 2.24) is 10.2 Å². The van der Waals surface area contributed by atoms with Crippen molar-refractivity contribution >= 4 is 0 Å². The maximum atomic E-state index is 9.25. The highest BCUT2D eigenvalue weighted by atomic mass is 16.3. The van der Waals surface area contributed by atoms with Crippen LogP contribution in [-0.2, 0) is 0 Å². The molecule has 0 heterocycles. The Morgan fingerprint density at radius 1 is 0.842 bits per heavy atom. The monoisotopic (exact) mass is 268 g/mol. The lowest BCUT2D eigenvalue weighted by Crippen LogP contribution is -2.44. The van der Waals surface area contributed by atoms with E-state index in [0.717, 1.165) is 31.7 Å². The van der Waals surface area contributed by atoms with Gasteiger partial charge in [-0.2, -0.15) is 0 Å². The quantitative estimate of drug-likeness (QED) is 0.745. The van der Waals surface area contributed by atoms with Crippen LogP contribution < -0.4 is 5.32 Å². The largest absolute Gasteiger partial charge is 0.395 e. The first-order chi connectivity index (χ1) is 9.40. The maximum Gasteiger partial charge on any atom is 0.0558 e. The Morgan fingerprint density at radius 2 is 1.47 bits per heavy atom. The number of nitrogens with one attached hydrogen (secondary N) is 1. The summed E-state index contributed by atoms with van der Waals surface area (Å²) < 4.78 is 0. The summed E-state index contributed by atoms with van der Waals surface area (Å²) in [5.74, 6) is 0. The molecule has 2 aliphatic rings. The zero-order chi connectivity index (χ0) is 13.3. The lowest BCUT2D eigenvalue weighted by molar-refractivity contribution is 0.123. The van der Waals surface area contributed by atoms with Crippen LogP contribution in [0.25, 0.3) is 0 Å². The van der Waals surface area contributed by atoms with E-state index in [1.807, 2.05) is 0 Å². The molecular formula is C16H32N2O. The molecule has 19 heavy (non-hydrogen) atoms. The fraction of sp³-hybridized carbons (Fsp3) is 1.00. The van der Waals surface area contributed by atoms with Gasteiger partial charge in [-0.3, -0.25) is 4.90 Å². The summed E-state index contributed by atoms with van der Waals surface area (Å²) in [6.07, 6.45) is 13.8. The molecule has 0 amide bonds. The van der Waals surface area contributed by atoms with Crippen LogP contribution >= 0.6 is 0 Å². The standard InChI is InChI=1S/C16H32N2O/c19-14-13-18(16-9-5-2-6-10-16)12-11-17-15-7-3-1-4-8-15/h15-17,19H,1-14H2. The van der Waals surface area contributed by atoms with Gasteiger partial charge in [0.25, 0.3) is 0 Å². The molecule has 2 N–H and O–H groups in total. The first-order valence-corrected chi connectivity index (χ1v) is 8.48. The van der Waals surface area contributed by atoms with Gasteiger partial charge >= 0.3 is 0 Å². The molecule has 0 spiro atoms. The number of nitrogens with zero attached hydrogens (tertiary/aromatic N) is 1. The third-order valence-electron chi connectivity index (χ3n) is 4.92. The van der Waals surface area contributed by atoms with Crippen LogP contribution in [0.15, 0.2) is 0 Å². The molecular weight excluding hydrogens is 236 g/mol. The SMILES string of the molecule is OCCN(CCNC1CCCCC1)C1CCCCC1. The van der Waals surface area contributed by atoms with Crippen LogP contribution in [0, 0.1) is 0 Å². The van der Waals surface area contributed by atoms with Crippen LogP contribution in [-0.4, -0.2) is 48.3 Å². The Morgan fingerprint density at radius 3 is 2.11 bits per heavy atom. The molecule has 2 aliphatic carbocycles. The number of hydrogen-bond acceptors (Lipinski definition) is 3. The Bertz CT molecular complexity index is 223. The van der Waals surface area contributed by atoms with Gasteiger partial charge in [-0.05, 0) is 25.7 Å². The van der Waals surface area contributed by atoms with Crippen molar-refractivity contribution in [3.05, 3.63) is 0 Å². The van der Waals surface area contributed by atoms with E-state index < -0.39 is 0 Å². The molecule has 0 atom stereocenters. The van der Waals surface area contributed by atoms with Crippen molar-refractivity contribution in [2.75, 3.05) is 26.2 Å². The van der Waals surface area contributed by atoms with Gasteiger partial charge in [0.1, 0.15) is 0 Å². The Labute approximate surface area is 118 Å². The molecule has 0 saturated heterocycles. The van der Waals surface area contributed by atoms with Crippen molar-refractivity contribution in [3.8, 4) is 0 Å². The summed E-state index contributed by atoms with van der Waals surface area (Å²) >= 11 is 0. The van der Waals surface area contributed by atoms with Crippen molar-refractivity contribution in [2.45, 2.75) is 76.3 Å². The highest BCUT2D eigenvalue weighted by Crippen LogP contribution is 2.22. The molecule has 2 fully saturated rings. The van der Waals surface area contributed by atoms with Crippen molar-refractivity contribution in [2.24, 2.45) is 0 Å². The highest BCUT2D eigenvalue weighted by Gasteiger charge is 2.20. The van der Waals surface area contributed by atoms with Gasteiger partial charge in [0, 0.05) is 31.7 Å². The summed E-state index contributed by atoms with van der Waals surface area (Å²) in [4.78, 5) is 2.52. The second-order valence-corrected chi connectivity index (χ2v) is 6.34. The topological polar surface area (TPSA) is 35.5 Å². The van der Waals surface area contributed by atoms with E-state index in [2.05, 4.69) is 10.2 Å². The molecule has 112 valence electrons. The van der Waals surface area contributed by atoms with Crippen LogP contribution in [0.1, 0.15) is 64.2 Å². The summed E-state index contributed by atoms with van der Waals surface area (Å²) in [6.45, 7) is 3.37. The summed E-state index contributed by atoms with van der Waals surface area (Å²) in [5, 5.41) is 13.0. The molecule has 0 radical (unpaired) electrons. The zero-order valence-corrected chi connectivity index (χ0v) is 12.4. The van der Waals surface area contributed by atoms with Crippen molar-refractivity contribution in [1.29, 1.82) is 0 Å².